The number of thioether (sulfide) groups is 1. The molecule has 4 heteroatoms. The lowest BCUT2D eigenvalue weighted by Crippen LogP contribution is -2.30. The number of likely N-dealkylation sites (tertiary alicyclic amines) is 1. The topological polar surface area (TPSA) is 40.5 Å². The van der Waals surface area contributed by atoms with E-state index in [0.29, 0.717) is 25.3 Å². The van der Waals surface area contributed by atoms with E-state index in [1.54, 1.807) is 16.7 Å². The second-order valence-corrected chi connectivity index (χ2v) is 7.39. The summed E-state index contributed by atoms with van der Waals surface area (Å²) in [6.07, 6.45) is 0.367. The van der Waals surface area contributed by atoms with Gasteiger partial charge in [-0.05, 0) is 29.5 Å². The van der Waals surface area contributed by atoms with Crippen LogP contribution in [0, 0.1) is 0 Å². The lowest BCUT2D eigenvalue weighted by Gasteiger charge is -2.19. The Labute approximate surface area is 125 Å². The number of hydrogen-bond acceptors (Lipinski definition) is 3. The van der Waals surface area contributed by atoms with Gasteiger partial charge in [0.05, 0.1) is 11.9 Å². The minimum absolute atomic E-state index is 0.117. The summed E-state index contributed by atoms with van der Waals surface area (Å²) < 4.78 is 0. The standard InChI is InChI=1S/C16H23NO2S/c1-16(2,3)12-4-6-14(7-5-12)20-11-15(19)17-9-8-13(18)10-17/h4-7,13,18H,8-11H2,1-3H3/t13-/m1/s1. The number of benzene rings is 1. The van der Waals surface area contributed by atoms with Crippen molar-refractivity contribution in [2.75, 3.05) is 18.8 Å². The first-order chi connectivity index (χ1) is 9.36. The third-order valence-electron chi connectivity index (χ3n) is 3.60. The highest BCUT2D eigenvalue weighted by molar-refractivity contribution is 8.00. The molecule has 20 heavy (non-hydrogen) atoms. The monoisotopic (exact) mass is 293 g/mol. The molecule has 0 saturated carbocycles. The van der Waals surface area contributed by atoms with E-state index in [9.17, 15) is 9.90 Å². The lowest BCUT2D eigenvalue weighted by atomic mass is 9.87. The molecule has 1 fully saturated rings. The van der Waals surface area contributed by atoms with E-state index in [1.807, 2.05) is 0 Å². The molecular formula is C16H23NO2S. The molecule has 1 atom stereocenters. The molecule has 1 aliphatic rings. The van der Waals surface area contributed by atoms with Crippen molar-refractivity contribution in [3.05, 3.63) is 29.8 Å². The molecule has 0 radical (unpaired) electrons. The number of rotatable bonds is 3. The van der Waals surface area contributed by atoms with Crippen LogP contribution in [0.2, 0.25) is 0 Å². The van der Waals surface area contributed by atoms with Gasteiger partial charge in [0.15, 0.2) is 0 Å². The van der Waals surface area contributed by atoms with Gasteiger partial charge in [-0.25, -0.2) is 0 Å². The van der Waals surface area contributed by atoms with Crippen LogP contribution in [-0.2, 0) is 10.2 Å². The SMILES string of the molecule is CC(C)(C)c1ccc(SCC(=O)N2CC[C@@H](O)C2)cc1. The second-order valence-electron chi connectivity index (χ2n) is 6.35. The van der Waals surface area contributed by atoms with Crippen molar-refractivity contribution in [1.29, 1.82) is 0 Å². The Morgan fingerprint density at radius 1 is 1.35 bits per heavy atom. The van der Waals surface area contributed by atoms with Gasteiger partial charge in [0.2, 0.25) is 5.91 Å². The van der Waals surface area contributed by atoms with Crippen molar-refractivity contribution in [1.82, 2.24) is 4.90 Å². The molecule has 0 unspecified atom stereocenters. The van der Waals surface area contributed by atoms with E-state index in [4.69, 9.17) is 0 Å². The van der Waals surface area contributed by atoms with Crippen LogP contribution in [0.5, 0.6) is 0 Å². The fraction of sp³-hybridized carbons (Fsp3) is 0.562. The Bertz CT molecular complexity index is 464. The van der Waals surface area contributed by atoms with Crippen LogP contribution in [0.15, 0.2) is 29.2 Å². The highest BCUT2D eigenvalue weighted by atomic mass is 32.2. The number of hydrogen-bond donors (Lipinski definition) is 1. The summed E-state index contributed by atoms with van der Waals surface area (Å²) in [7, 11) is 0. The summed E-state index contributed by atoms with van der Waals surface area (Å²) in [4.78, 5) is 14.9. The van der Waals surface area contributed by atoms with Crippen molar-refractivity contribution < 1.29 is 9.90 Å². The number of amides is 1. The summed E-state index contributed by atoms with van der Waals surface area (Å²) in [5.74, 6) is 0.563. The van der Waals surface area contributed by atoms with E-state index in [2.05, 4.69) is 45.0 Å². The Kier molecular flexibility index (Phi) is 4.76. The van der Waals surface area contributed by atoms with E-state index >= 15 is 0 Å². The summed E-state index contributed by atoms with van der Waals surface area (Å²) in [6, 6.07) is 8.42. The number of carbonyl (C=O) groups excluding carboxylic acids is 1. The molecule has 0 aliphatic carbocycles. The highest BCUT2D eigenvalue weighted by Gasteiger charge is 2.24. The van der Waals surface area contributed by atoms with Crippen molar-refractivity contribution in [2.24, 2.45) is 0 Å². The smallest absolute Gasteiger partial charge is 0.233 e. The van der Waals surface area contributed by atoms with Crippen molar-refractivity contribution >= 4 is 17.7 Å². The molecule has 1 aliphatic heterocycles. The van der Waals surface area contributed by atoms with Crippen molar-refractivity contribution in [2.45, 2.75) is 43.6 Å². The van der Waals surface area contributed by atoms with Gasteiger partial charge in [0, 0.05) is 18.0 Å². The third-order valence-corrected chi connectivity index (χ3v) is 4.60. The number of carbonyl (C=O) groups is 1. The van der Waals surface area contributed by atoms with E-state index in [-0.39, 0.29) is 17.4 Å². The van der Waals surface area contributed by atoms with Gasteiger partial charge in [-0.3, -0.25) is 4.79 Å². The molecule has 0 aromatic heterocycles. The first-order valence-electron chi connectivity index (χ1n) is 7.05. The average molecular weight is 293 g/mol. The van der Waals surface area contributed by atoms with Gasteiger partial charge in [-0.1, -0.05) is 32.9 Å². The molecule has 110 valence electrons. The van der Waals surface area contributed by atoms with E-state index < -0.39 is 0 Å². The van der Waals surface area contributed by atoms with Gasteiger partial charge in [-0.2, -0.15) is 0 Å². The summed E-state index contributed by atoms with van der Waals surface area (Å²) in [6.45, 7) is 7.75. The van der Waals surface area contributed by atoms with Crippen LogP contribution in [0.25, 0.3) is 0 Å². The van der Waals surface area contributed by atoms with E-state index in [0.717, 1.165) is 4.90 Å². The first-order valence-corrected chi connectivity index (χ1v) is 8.04. The van der Waals surface area contributed by atoms with E-state index in [1.165, 1.54) is 5.56 Å². The summed E-state index contributed by atoms with van der Waals surface area (Å²) >= 11 is 1.56. The largest absolute Gasteiger partial charge is 0.391 e. The Hall–Kier alpha value is -1.00. The zero-order valence-electron chi connectivity index (χ0n) is 12.4. The van der Waals surface area contributed by atoms with Gasteiger partial charge >= 0.3 is 0 Å². The molecule has 1 aromatic carbocycles. The number of aliphatic hydroxyl groups excluding tert-OH is 1. The predicted octanol–water partition coefficient (Wildman–Crippen LogP) is 2.67. The highest BCUT2D eigenvalue weighted by Crippen LogP contribution is 2.26. The van der Waals surface area contributed by atoms with Crippen molar-refractivity contribution in [3.63, 3.8) is 0 Å². The fourth-order valence-corrected chi connectivity index (χ4v) is 3.06. The zero-order valence-corrected chi connectivity index (χ0v) is 13.2. The maximum atomic E-state index is 12.0. The van der Waals surface area contributed by atoms with Crippen LogP contribution in [0.3, 0.4) is 0 Å². The zero-order chi connectivity index (χ0) is 14.8. The molecule has 1 N–H and O–H groups in total. The number of β-amino-alcohol motifs (C(OH)–C–C–N with tert-alkyl or cyclic N) is 1. The minimum atomic E-state index is -0.338. The quantitative estimate of drug-likeness (QED) is 0.871. The summed E-state index contributed by atoms with van der Waals surface area (Å²) in [5, 5.41) is 9.44. The summed E-state index contributed by atoms with van der Waals surface area (Å²) in [5.41, 5.74) is 1.46. The number of aliphatic hydroxyl groups is 1. The van der Waals surface area contributed by atoms with Crippen LogP contribution in [0.4, 0.5) is 0 Å². The Morgan fingerprint density at radius 3 is 2.50 bits per heavy atom. The molecule has 1 heterocycles. The maximum absolute atomic E-state index is 12.0. The molecule has 0 spiro atoms. The lowest BCUT2D eigenvalue weighted by molar-refractivity contribution is -0.127. The third kappa shape index (κ3) is 4.00. The van der Waals surface area contributed by atoms with Crippen molar-refractivity contribution in [3.8, 4) is 0 Å². The normalized spacial score (nSPS) is 19.4. The molecule has 0 bridgehead atoms. The van der Waals surface area contributed by atoms with Gasteiger partial charge in [-0.15, -0.1) is 11.8 Å². The van der Waals surface area contributed by atoms with Crippen LogP contribution >= 0.6 is 11.8 Å². The van der Waals surface area contributed by atoms with Crippen LogP contribution in [0.1, 0.15) is 32.8 Å². The second kappa shape index (κ2) is 6.19. The molecule has 1 saturated heterocycles. The minimum Gasteiger partial charge on any atom is -0.391 e. The van der Waals surface area contributed by atoms with Crippen LogP contribution < -0.4 is 0 Å². The molecular weight excluding hydrogens is 270 g/mol. The van der Waals surface area contributed by atoms with Crippen LogP contribution in [-0.4, -0.2) is 40.9 Å². The van der Waals surface area contributed by atoms with Gasteiger partial charge in [0.25, 0.3) is 0 Å². The Morgan fingerprint density at radius 2 is 2.00 bits per heavy atom. The van der Waals surface area contributed by atoms with Gasteiger partial charge in [0.1, 0.15) is 0 Å². The number of nitrogens with zero attached hydrogens (tertiary/aromatic N) is 1. The predicted molar refractivity (Wildman–Crippen MR) is 83.1 cm³/mol. The average Bonchev–Trinajstić information content (AvgIpc) is 2.82. The first kappa shape index (κ1) is 15.4. The maximum Gasteiger partial charge on any atom is 0.233 e. The molecule has 1 amide bonds. The van der Waals surface area contributed by atoms with Gasteiger partial charge < -0.3 is 10.0 Å². The molecule has 3 nitrogen and oxygen atoms in total. The molecule has 1 aromatic rings. The molecule has 2 rings (SSSR count). The fourth-order valence-electron chi connectivity index (χ4n) is 2.26. The Balaban J connectivity index is 1.86.